The number of imidazole rings is 1. The van der Waals surface area contributed by atoms with E-state index in [2.05, 4.69) is 35.5 Å². The van der Waals surface area contributed by atoms with Crippen LogP contribution in [0.15, 0.2) is 61.3 Å². The average molecular weight is 577 g/mol. The number of halogens is 1. The van der Waals surface area contributed by atoms with Crippen molar-refractivity contribution in [3.05, 3.63) is 67.1 Å². The number of nitrogens with one attached hydrogen (secondary N) is 3. The summed E-state index contributed by atoms with van der Waals surface area (Å²) in [5.74, 6) is 0.987. The van der Waals surface area contributed by atoms with Crippen LogP contribution in [0.25, 0.3) is 55.8 Å². The molecular formula is C32H29FN8O2. The molecule has 5 heterocycles. The van der Waals surface area contributed by atoms with Crippen LogP contribution in [0, 0.1) is 11.7 Å². The Bertz CT molecular complexity index is 1960. The maximum atomic E-state index is 14.3. The van der Waals surface area contributed by atoms with Gasteiger partial charge in [0.2, 0.25) is 5.91 Å². The van der Waals surface area contributed by atoms with Crippen LogP contribution in [0.2, 0.25) is 0 Å². The second-order valence-electron chi connectivity index (χ2n) is 11.0. The van der Waals surface area contributed by atoms with Gasteiger partial charge in [-0.15, -0.1) is 0 Å². The van der Waals surface area contributed by atoms with Crippen LogP contribution in [0.4, 0.5) is 10.1 Å². The van der Waals surface area contributed by atoms with Crippen LogP contribution in [-0.4, -0.2) is 48.1 Å². The van der Waals surface area contributed by atoms with Gasteiger partial charge < -0.3 is 15.0 Å². The number of H-pyrrole nitrogens is 2. The Labute approximate surface area is 246 Å². The monoisotopic (exact) mass is 576 g/mol. The first kappa shape index (κ1) is 26.7. The SMILES string of the molecule is COc1cc(F)cc(-c2cncc3[nH]c(-c4n[nH]c5cnc(-c6cncc(NC(=O)CC7CCCCC7)c6)cc45)nc23)c1. The quantitative estimate of drug-likeness (QED) is 0.193. The summed E-state index contributed by atoms with van der Waals surface area (Å²) in [4.78, 5) is 34.1. The predicted molar refractivity (Wildman–Crippen MR) is 162 cm³/mol. The molecular weight excluding hydrogens is 547 g/mol. The summed E-state index contributed by atoms with van der Waals surface area (Å²) >= 11 is 0. The van der Waals surface area contributed by atoms with Gasteiger partial charge in [-0.3, -0.25) is 24.8 Å². The zero-order valence-electron chi connectivity index (χ0n) is 23.5. The van der Waals surface area contributed by atoms with Crippen molar-refractivity contribution < 1.29 is 13.9 Å². The van der Waals surface area contributed by atoms with E-state index in [0.717, 1.165) is 29.3 Å². The number of methoxy groups -OCH3 is 1. The number of anilines is 1. The molecule has 43 heavy (non-hydrogen) atoms. The summed E-state index contributed by atoms with van der Waals surface area (Å²) in [7, 11) is 1.50. The fourth-order valence-corrected chi connectivity index (χ4v) is 5.86. The zero-order chi connectivity index (χ0) is 29.3. The van der Waals surface area contributed by atoms with Crippen molar-refractivity contribution in [1.82, 2.24) is 35.1 Å². The van der Waals surface area contributed by atoms with Gasteiger partial charge >= 0.3 is 0 Å². The van der Waals surface area contributed by atoms with E-state index in [0.29, 0.717) is 63.1 Å². The molecule has 7 rings (SSSR count). The number of aromatic nitrogens is 7. The number of hydrogen-bond acceptors (Lipinski definition) is 7. The molecule has 6 aromatic rings. The smallest absolute Gasteiger partial charge is 0.224 e. The van der Waals surface area contributed by atoms with Crippen molar-refractivity contribution in [2.75, 3.05) is 12.4 Å². The third kappa shape index (κ3) is 5.41. The minimum atomic E-state index is -0.414. The summed E-state index contributed by atoms with van der Waals surface area (Å²) in [6, 6.07) is 8.30. The molecule has 1 saturated carbocycles. The Kier molecular flexibility index (Phi) is 6.98. The lowest BCUT2D eigenvalue weighted by atomic mass is 9.87. The molecule has 10 nitrogen and oxygen atoms in total. The first-order chi connectivity index (χ1) is 21.0. The topological polar surface area (TPSA) is 134 Å². The Morgan fingerprint density at radius 1 is 0.977 bits per heavy atom. The van der Waals surface area contributed by atoms with Crippen molar-refractivity contribution >= 4 is 33.5 Å². The third-order valence-corrected chi connectivity index (χ3v) is 8.00. The number of benzene rings is 1. The molecule has 1 aliphatic carbocycles. The van der Waals surface area contributed by atoms with Gasteiger partial charge in [0.1, 0.15) is 17.3 Å². The van der Waals surface area contributed by atoms with Gasteiger partial charge in [0, 0.05) is 41.4 Å². The summed E-state index contributed by atoms with van der Waals surface area (Å²) in [6.07, 6.45) is 14.8. The van der Waals surface area contributed by atoms with E-state index in [4.69, 9.17) is 9.72 Å². The van der Waals surface area contributed by atoms with Crippen LogP contribution in [0.3, 0.4) is 0 Å². The molecule has 216 valence electrons. The lowest BCUT2D eigenvalue weighted by Crippen LogP contribution is -2.18. The average Bonchev–Trinajstić information content (AvgIpc) is 3.65. The molecule has 11 heteroatoms. The Morgan fingerprint density at radius 2 is 1.84 bits per heavy atom. The van der Waals surface area contributed by atoms with Crippen molar-refractivity contribution in [3.63, 3.8) is 0 Å². The van der Waals surface area contributed by atoms with E-state index >= 15 is 0 Å². The highest BCUT2D eigenvalue weighted by atomic mass is 19.1. The van der Waals surface area contributed by atoms with Crippen LogP contribution in [0.1, 0.15) is 38.5 Å². The van der Waals surface area contributed by atoms with E-state index in [1.165, 1.54) is 38.5 Å². The number of pyridine rings is 3. The number of fused-ring (bicyclic) bond motifs is 2. The van der Waals surface area contributed by atoms with Crippen molar-refractivity contribution in [1.29, 1.82) is 0 Å². The highest BCUT2D eigenvalue weighted by molar-refractivity contribution is 5.97. The van der Waals surface area contributed by atoms with E-state index in [1.807, 2.05) is 12.1 Å². The lowest BCUT2D eigenvalue weighted by molar-refractivity contribution is -0.117. The van der Waals surface area contributed by atoms with Gasteiger partial charge in [0.15, 0.2) is 5.82 Å². The molecule has 5 aromatic heterocycles. The largest absolute Gasteiger partial charge is 0.497 e. The Hall–Kier alpha value is -5.19. The number of ether oxygens (including phenoxy) is 1. The zero-order valence-corrected chi connectivity index (χ0v) is 23.5. The molecule has 0 saturated heterocycles. The standard InChI is InChI=1S/C32H29FN8O2/c1-43-23-10-19(8-21(33)11-23)25-15-35-16-28-30(25)39-32(38-28)31-24-12-26(36-17-27(24)40-41-31)20-9-22(14-34-13-20)37-29(42)7-18-5-3-2-4-6-18/h8-18H,2-7H2,1H3,(H,37,42)(H,38,39)(H,40,41). The van der Waals surface area contributed by atoms with Gasteiger partial charge in [0.25, 0.3) is 0 Å². The molecule has 0 bridgehead atoms. The maximum Gasteiger partial charge on any atom is 0.224 e. The second-order valence-corrected chi connectivity index (χ2v) is 11.0. The normalized spacial score (nSPS) is 13.9. The highest BCUT2D eigenvalue weighted by Crippen LogP contribution is 2.34. The molecule has 1 fully saturated rings. The van der Waals surface area contributed by atoms with Gasteiger partial charge in [-0.05, 0) is 48.6 Å². The van der Waals surface area contributed by atoms with Crippen LogP contribution in [0.5, 0.6) is 5.75 Å². The van der Waals surface area contributed by atoms with Crippen LogP contribution >= 0.6 is 0 Å². The fourth-order valence-electron chi connectivity index (χ4n) is 5.86. The number of carbonyl (C=O) groups excluding carboxylic acids is 1. The first-order valence-corrected chi connectivity index (χ1v) is 14.3. The highest BCUT2D eigenvalue weighted by Gasteiger charge is 2.19. The Morgan fingerprint density at radius 3 is 2.70 bits per heavy atom. The number of amides is 1. The molecule has 1 aromatic carbocycles. The van der Waals surface area contributed by atoms with Gasteiger partial charge in [-0.1, -0.05) is 19.3 Å². The summed E-state index contributed by atoms with van der Waals surface area (Å²) < 4.78 is 19.5. The first-order valence-electron chi connectivity index (χ1n) is 14.3. The van der Waals surface area contributed by atoms with Crippen LogP contribution in [-0.2, 0) is 4.79 Å². The summed E-state index contributed by atoms with van der Waals surface area (Å²) in [5.41, 5.74) is 5.99. The fraction of sp³-hybridized carbons (Fsp3) is 0.250. The molecule has 0 unspecified atom stereocenters. The van der Waals surface area contributed by atoms with E-state index in [9.17, 15) is 9.18 Å². The molecule has 0 atom stereocenters. The number of aromatic amines is 2. The summed E-state index contributed by atoms with van der Waals surface area (Å²) in [5, 5.41) is 11.4. The van der Waals surface area contributed by atoms with E-state index in [1.54, 1.807) is 37.1 Å². The molecule has 3 N–H and O–H groups in total. The molecule has 0 spiro atoms. The van der Waals surface area contributed by atoms with Gasteiger partial charge in [-0.2, -0.15) is 5.10 Å². The van der Waals surface area contributed by atoms with Crippen molar-refractivity contribution in [2.45, 2.75) is 38.5 Å². The predicted octanol–water partition coefficient (Wildman–Crippen LogP) is 6.68. The minimum absolute atomic E-state index is 0.0156. The Balaban J connectivity index is 1.20. The number of hydrogen-bond donors (Lipinski definition) is 3. The van der Waals surface area contributed by atoms with Crippen molar-refractivity contribution in [3.8, 4) is 39.7 Å². The molecule has 1 aliphatic rings. The molecule has 0 aliphatic heterocycles. The van der Waals surface area contributed by atoms with Crippen molar-refractivity contribution in [2.24, 2.45) is 5.92 Å². The summed E-state index contributed by atoms with van der Waals surface area (Å²) in [6.45, 7) is 0. The maximum absolute atomic E-state index is 14.3. The second kappa shape index (κ2) is 11.2. The molecule has 0 radical (unpaired) electrons. The van der Waals surface area contributed by atoms with Gasteiger partial charge in [0.05, 0.1) is 53.6 Å². The number of rotatable bonds is 7. The van der Waals surface area contributed by atoms with E-state index < -0.39 is 5.82 Å². The molecule has 1 amide bonds. The lowest BCUT2D eigenvalue weighted by Gasteiger charge is -2.20. The number of carbonyl (C=O) groups is 1. The minimum Gasteiger partial charge on any atom is -0.497 e. The third-order valence-electron chi connectivity index (χ3n) is 8.00. The van der Waals surface area contributed by atoms with E-state index in [-0.39, 0.29) is 5.91 Å². The van der Waals surface area contributed by atoms with Gasteiger partial charge in [-0.25, -0.2) is 9.37 Å². The number of nitrogens with zero attached hydrogens (tertiary/aromatic N) is 5. The van der Waals surface area contributed by atoms with Crippen LogP contribution < -0.4 is 10.1 Å².